The van der Waals surface area contributed by atoms with Crippen LogP contribution in [0.15, 0.2) is 38.0 Å². The Balaban J connectivity index is 1.30. The van der Waals surface area contributed by atoms with E-state index in [9.17, 15) is 8.78 Å². The molecule has 1 N–H and O–H groups in total. The Morgan fingerprint density at radius 3 is 2.77 bits per heavy atom. The van der Waals surface area contributed by atoms with Gasteiger partial charge >= 0.3 is 0 Å². The van der Waals surface area contributed by atoms with Crippen molar-refractivity contribution in [1.82, 2.24) is 20.3 Å². The topological polar surface area (TPSA) is 76.7 Å². The number of hydrogen-bond donors (Lipinski definition) is 1. The Labute approximate surface area is 160 Å². The number of aromatic nitrogens is 4. The molecule has 3 aromatic rings. The van der Waals surface area contributed by atoms with Crippen LogP contribution in [0.4, 0.5) is 19.6 Å². The molecule has 4 rings (SSSR count). The van der Waals surface area contributed by atoms with Crippen molar-refractivity contribution >= 4 is 45.7 Å². The summed E-state index contributed by atoms with van der Waals surface area (Å²) < 4.78 is 30.7. The Bertz CT molecular complexity index is 866. The maximum atomic E-state index is 12.3. The van der Waals surface area contributed by atoms with E-state index in [1.165, 1.54) is 23.1 Å². The fourth-order valence-corrected chi connectivity index (χ4v) is 4.22. The molecule has 0 radical (unpaired) electrons. The molecule has 1 aliphatic rings. The van der Waals surface area contributed by atoms with Crippen molar-refractivity contribution in [2.45, 2.75) is 39.5 Å². The van der Waals surface area contributed by atoms with Gasteiger partial charge in [0.15, 0.2) is 10.2 Å². The van der Waals surface area contributed by atoms with E-state index in [1.54, 1.807) is 24.3 Å². The molecule has 0 aliphatic heterocycles. The van der Waals surface area contributed by atoms with Gasteiger partial charge in [-0.05, 0) is 37.1 Å². The Hall–Kier alpha value is -1.72. The van der Waals surface area contributed by atoms with Crippen LogP contribution < -0.4 is 5.32 Å². The summed E-state index contributed by atoms with van der Waals surface area (Å²) in [6.45, 7) is 0. The van der Waals surface area contributed by atoms with Crippen LogP contribution in [0.5, 0.6) is 0 Å². The van der Waals surface area contributed by atoms with Crippen LogP contribution in [-0.4, -0.2) is 26.1 Å². The van der Waals surface area contributed by atoms with E-state index in [-0.39, 0.29) is 0 Å². The maximum Gasteiger partial charge on any atom is 0.288 e. The number of benzene rings is 1. The van der Waals surface area contributed by atoms with Gasteiger partial charge in [0, 0.05) is 16.5 Å². The monoisotopic (exact) mass is 413 g/mol. The first-order valence-electron chi connectivity index (χ1n) is 7.76. The lowest BCUT2D eigenvalue weighted by atomic mass is 10.3. The quantitative estimate of drug-likeness (QED) is 0.508. The van der Waals surface area contributed by atoms with Crippen LogP contribution in [0.25, 0.3) is 0 Å². The third-order valence-electron chi connectivity index (χ3n) is 3.47. The summed E-state index contributed by atoms with van der Waals surface area (Å²) in [5, 5.41) is 15.9. The molecule has 6 nitrogen and oxygen atoms in total. The molecule has 11 heteroatoms. The molecule has 1 aliphatic carbocycles. The Kier molecular flexibility index (Phi) is 5.36. The first kappa shape index (κ1) is 17.7. The summed E-state index contributed by atoms with van der Waals surface area (Å²) >= 11 is 3.42. The molecule has 1 saturated carbocycles. The number of alkyl halides is 2. The molecule has 136 valence electrons. The van der Waals surface area contributed by atoms with Crippen LogP contribution >= 0.6 is 34.9 Å². The highest BCUT2D eigenvalue weighted by Crippen LogP contribution is 2.39. The van der Waals surface area contributed by atoms with Gasteiger partial charge in [0.25, 0.3) is 5.76 Å². The summed E-state index contributed by atoms with van der Waals surface area (Å²) in [4.78, 5) is 4.90. The SMILES string of the molecule is FC(F)Sc1ccc(Nc2nnc(SCc3noc(C4CC4)n3)s2)cc1. The highest BCUT2D eigenvalue weighted by Gasteiger charge is 2.29. The van der Waals surface area contributed by atoms with E-state index in [1.807, 2.05) is 0 Å². The van der Waals surface area contributed by atoms with Gasteiger partial charge in [-0.1, -0.05) is 40.0 Å². The lowest BCUT2D eigenvalue weighted by molar-refractivity contribution is 0.252. The minimum absolute atomic E-state index is 0.448. The highest BCUT2D eigenvalue weighted by atomic mass is 32.2. The van der Waals surface area contributed by atoms with Crippen LogP contribution in [0, 0.1) is 0 Å². The van der Waals surface area contributed by atoms with Crippen LogP contribution in [0.3, 0.4) is 0 Å². The normalized spacial score (nSPS) is 14.1. The lowest BCUT2D eigenvalue weighted by Gasteiger charge is -2.03. The second kappa shape index (κ2) is 7.89. The third kappa shape index (κ3) is 4.71. The fourth-order valence-electron chi connectivity index (χ4n) is 2.11. The van der Waals surface area contributed by atoms with Crippen molar-refractivity contribution in [3.63, 3.8) is 0 Å². The Morgan fingerprint density at radius 1 is 1.23 bits per heavy atom. The lowest BCUT2D eigenvalue weighted by Crippen LogP contribution is -1.89. The molecule has 26 heavy (non-hydrogen) atoms. The van der Waals surface area contributed by atoms with Gasteiger partial charge in [-0.15, -0.1) is 10.2 Å². The minimum Gasteiger partial charge on any atom is -0.339 e. The van der Waals surface area contributed by atoms with Gasteiger partial charge in [-0.3, -0.25) is 0 Å². The smallest absolute Gasteiger partial charge is 0.288 e. The standard InChI is InChI=1S/C15H13F2N5OS3/c16-13(17)25-10-5-3-9(4-6-10)18-14-20-21-15(26-14)24-7-11-19-12(23-22-11)8-1-2-8/h3-6,8,13H,1-2,7H2,(H,18,20). The van der Waals surface area contributed by atoms with E-state index in [0.717, 1.165) is 28.8 Å². The van der Waals surface area contributed by atoms with Gasteiger partial charge in [0.2, 0.25) is 11.0 Å². The Morgan fingerprint density at radius 2 is 2.04 bits per heavy atom. The largest absolute Gasteiger partial charge is 0.339 e. The van der Waals surface area contributed by atoms with Crippen molar-refractivity contribution in [2.75, 3.05) is 5.32 Å². The zero-order chi connectivity index (χ0) is 17.9. The van der Waals surface area contributed by atoms with Crippen molar-refractivity contribution in [1.29, 1.82) is 0 Å². The second-order valence-electron chi connectivity index (χ2n) is 5.51. The van der Waals surface area contributed by atoms with Gasteiger partial charge in [-0.25, -0.2) is 0 Å². The summed E-state index contributed by atoms with van der Waals surface area (Å²) in [6.07, 6.45) is 2.25. The molecule has 0 amide bonds. The first-order chi connectivity index (χ1) is 12.7. The maximum absolute atomic E-state index is 12.3. The summed E-state index contributed by atoms with van der Waals surface area (Å²) in [5.41, 5.74) is 0.767. The van der Waals surface area contributed by atoms with E-state index >= 15 is 0 Å². The molecular formula is C15H13F2N5OS3. The zero-order valence-corrected chi connectivity index (χ0v) is 15.7. The molecule has 0 spiro atoms. The number of anilines is 2. The minimum atomic E-state index is -2.42. The number of nitrogens with zero attached hydrogens (tertiary/aromatic N) is 4. The molecule has 0 saturated heterocycles. The number of halogens is 2. The molecule has 1 aromatic carbocycles. The van der Waals surface area contributed by atoms with E-state index < -0.39 is 5.76 Å². The van der Waals surface area contributed by atoms with Gasteiger partial charge < -0.3 is 9.84 Å². The predicted octanol–water partition coefficient (Wildman–Crippen LogP) is 5.15. The fraction of sp³-hybridized carbons (Fsp3) is 0.333. The number of thioether (sulfide) groups is 2. The van der Waals surface area contributed by atoms with Gasteiger partial charge in [0.05, 0.1) is 5.75 Å². The average molecular weight is 414 g/mol. The number of hydrogen-bond acceptors (Lipinski definition) is 9. The second-order valence-corrected chi connectivity index (χ2v) is 8.78. The van der Waals surface area contributed by atoms with Crippen LogP contribution in [0.2, 0.25) is 0 Å². The molecule has 2 heterocycles. The predicted molar refractivity (Wildman–Crippen MR) is 97.3 cm³/mol. The number of nitrogens with one attached hydrogen (secondary N) is 1. The molecule has 0 atom stereocenters. The van der Waals surface area contributed by atoms with Gasteiger partial charge in [-0.2, -0.15) is 13.8 Å². The molecule has 1 fully saturated rings. The number of rotatable bonds is 8. The van der Waals surface area contributed by atoms with Crippen molar-refractivity contribution in [3.8, 4) is 0 Å². The average Bonchev–Trinajstić information content (AvgIpc) is 3.19. The zero-order valence-electron chi connectivity index (χ0n) is 13.3. The van der Waals surface area contributed by atoms with E-state index in [2.05, 4.69) is 25.7 Å². The molecule has 2 aromatic heterocycles. The molecule has 0 unspecified atom stereocenters. The van der Waals surface area contributed by atoms with Gasteiger partial charge in [0.1, 0.15) is 0 Å². The van der Waals surface area contributed by atoms with Crippen molar-refractivity contribution < 1.29 is 13.3 Å². The summed E-state index contributed by atoms with van der Waals surface area (Å²) in [6, 6.07) is 6.75. The van der Waals surface area contributed by atoms with Crippen LogP contribution in [0.1, 0.15) is 30.5 Å². The van der Waals surface area contributed by atoms with Crippen molar-refractivity contribution in [3.05, 3.63) is 36.0 Å². The summed E-state index contributed by atoms with van der Waals surface area (Å²) in [5.74, 6) is -0.00713. The van der Waals surface area contributed by atoms with Crippen LogP contribution in [-0.2, 0) is 5.75 Å². The first-order valence-corrected chi connectivity index (χ1v) is 10.4. The van der Waals surface area contributed by atoms with Crippen molar-refractivity contribution in [2.24, 2.45) is 0 Å². The molecule has 0 bridgehead atoms. The van der Waals surface area contributed by atoms with E-state index in [0.29, 0.717) is 39.3 Å². The third-order valence-corrected chi connectivity index (χ3v) is 6.16. The highest BCUT2D eigenvalue weighted by molar-refractivity contribution is 8.00. The summed E-state index contributed by atoms with van der Waals surface area (Å²) in [7, 11) is 0. The van der Waals surface area contributed by atoms with E-state index in [4.69, 9.17) is 4.52 Å². The molecular weight excluding hydrogens is 400 g/mol.